The molecule has 1 aromatic carbocycles. The van der Waals surface area contributed by atoms with Crippen molar-refractivity contribution in [3.8, 4) is 11.4 Å². The van der Waals surface area contributed by atoms with Crippen LogP contribution in [0.5, 0.6) is 0 Å². The number of pyridine rings is 1. The standard InChI is InChI=1S/C14H9FN2O2/c15-10-6-2-1-5-9(10)13-16-12(14(18)19)11-7-3-4-8-17(11)13/h1-8H,(H,18,19). The summed E-state index contributed by atoms with van der Waals surface area (Å²) in [6.45, 7) is 0. The van der Waals surface area contributed by atoms with Crippen LogP contribution in [0.2, 0.25) is 0 Å². The summed E-state index contributed by atoms with van der Waals surface area (Å²) in [4.78, 5) is 15.2. The normalized spacial score (nSPS) is 10.8. The predicted molar refractivity (Wildman–Crippen MR) is 67.5 cm³/mol. The van der Waals surface area contributed by atoms with E-state index in [0.717, 1.165) is 0 Å². The number of halogens is 1. The van der Waals surface area contributed by atoms with Gasteiger partial charge >= 0.3 is 5.97 Å². The van der Waals surface area contributed by atoms with Crippen LogP contribution in [0.25, 0.3) is 16.9 Å². The quantitative estimate of drug-likeness (QED) is 0.767. The first-order valence-electron chi connectivity index (χ1n) is 5.64. The van der Waals surface area contributed by atoms with Gasteiger partial charge in [-0.3, -0.25) is 4.40 Å². The van der Waals surface area contributed by atoms with Gasteiger partial charge in [0.25, 0.3) is 0 Å². The van der Waals surface area contributed by atoms with Gasteiger partial charge in [0.15, 0.2) is 5.69 Å². The molecule has 5 heteroatoms. The lowest BCUT2D eigenvalue weighted by molar-refractivity contribution is 0.0693. The second kappa shape index (κ2) is 4.20. The number of aromatic nitrogens is 2. The Labute approximate surface area is 107 Å². The Morgan fingerprint density at radius 3 is 2.63 bits per heavy atom. The van der Waals surface area contributed by atoms with E-state index in [2.05, 4.69) is 4.98 Å². The highest BCUT2D eigenvalue weighted by Crippen LogP contribution is 2.24. The first-order valence-corrected chi connectivity index (χ1v) is 5.64. The summed E-state index contributed by atoms with van der Waals surface area (Å²) in [6.07, 6.45) is 1.66. The molecule has 0 fully saturated rings. The van der Waals surface area contributed by atoms with Crippen LogP contribution in [0.4, 0.5) is 4.39 Å². The second-order valence-electron chi connectivity index (χ2n) is 4.02. The third-order valence-electron chi connectivity index (χ3n) is 2.87. The highest BCUT2D eigenvalue weighted by molar-refractivity contribution is 5.94. The van der Waals surface area contributed by atoms with E-state index in [9.17, 15) is 9.18 Å². The molecule has 0 atom stereocenters. The van der Waals surface area contributed by atoms with Crippen molar-refractivity contribution >= 4 is 11.5 Å². The van der Waals surface area contributed by atoms with Crippen molar-refractivity contribution in [1.82, 2.24) is 9.38 Å². The number of hydrogen-bond donors (Lipinski definition) is 1. The van der Waals surface area contributed by atoms with E-state index < -0.39 is 11.8 Å². The Kier molecular flexibility index (Phi) is 2.52. The Morgan fingerprint density at radius 1 is 1.16 bits per heavy atom. The van der Waals surface area contributed by atoms with E-state index in [0.29, 0.717) is 5.52 Å². The minimum atomic E-state index is -1.13. The molecular weight excluding hydrogens is 247 g/mol. The predicted octanol–water partition coefficient (Wildman–Crippen LogP) is 2.84. The summed E-state index contributed by atoms with van der Waals surface area (Å²) in [6, 6.07) is 11.2. The van der Waals surface area contributed by atoms with Crippen LogP contribution in [-0.4, -0.2) is 20.5 Å². The van der Waals surface area contributed by atoms with Crippen molar-refractivity contribution in [3.05, 3.63) is 60.2 Å². The molecule has 0 aliphatic carbocycles. The van der Waals surface area contributed by atoms with Gasteiger partial charge in [0.05, 0.1) is 11.1 Å². The zero-order chi connectivity index (χ0) is 13.4. The number of fused-ring (bicyclic) bond motifs is 1. The van der Waals surface area contributed by atoms with Gasteiger partial charge < -0.3 is 5.11 Å². The Morgan fingerprint density at radius 2 is 1.89 bits per heavy atom. The van der Waals surface area contributed by atoms with Gasteiger partial charge in [-0.2, -0.15) is 0 Å². The zero-order valence-corrected chi connectivity index (χ0v) is 9.75. The number of nitrogens with zero attached hydrogens (tertiary/aromatic N) is 2. The van der Waals surface area contributed by atoms with Gasteiger partial charge in [-0.15, -0.1) is 0 Å². The molecule has 19 heavy (non-hydrogen) atoms. The number of benzene rings is 1. The average molecular weight is 256 g/mol. The van der Waals surface area contributed by atoms with Gasteiger partial charge in [-0.1, -0.05) is 18.2 Å². The molecule has 2 heterocycles. The Bertz CT molecular complexity index is 780. The zero-order valence-electron chi connectivity index (χ0n) is 9.75. The number of imidazole rings is 1. The molecule has 4 nitrogen and oxygen atoms in total. The fourth-order valence-corrected chi connectivity index (χ4v) is 2.03. The molecule has 0 unspecified atom stereocenters. The largest absolute Gasteiger partial charge is 0.476 e. The molecule has 2 aromatic heterocycles. The minimum Gasteiger partial charge on any atom is -0.476 e. The monoisotopic (exact) mass is 256 g/mol. The minimum absolute atomic E-state index is 0.0844. The summed E-state index contributed by atoms with van der Waals surface area (Å²) in [5, 5.41) is 9.14. The molecule has 3 aromatic rings. The molecule has 0 saturated carbocycles. The van der Waals surface area contributed by atoms with Gasteiger partial charge in [0.2, 0.25) is 0 Å². The van der Waals surface area contributed by atoms with Crippen molar-refractivity contribution in [2.45, 2.75) is 0 Å². The molecule has 3 rings (SSSR count). The van der Waals surface area contributed by atoms with E-state index >= 15 is 0 Å². The lowest BCUT2D eigenvalue weighted by Gasteiger charge is -2.01. The highest BCUT2D eigenvalue weighted by atomic mass is 19.1. The van der Waals surface area contributed by atoms with E-state index in [1.54, 1.807) is 47.0 Å². The maximum atomic E-state index is 13.8. The number of carboxylic acid groups (broad SMARTS) is 1. The number of rotatable bonds is 2. The molecule has 0 radical (unpaired) electrons. The van der Waals surface area contributed by atoms with Crippen LogP contribution >= 0.6 is 0 Å². The fourth-order valence-electron chi connectivity index (χ4n) is 2.03. The molecule has 0 amide bonds. The SMILES string of the molecule is O=C(O)c1nc(-c2ccccc2F)n2ccccc12. The van der Waals surface area contributed by atoms with E-state index in [4.69, 9.17) is 5.11 Å². The van der Waals surface area contributed by atoms with Gasteiger partial charge in [-0.05, 0) is 24.3 Å². The summed E-state index contributed by atoms with van der Waals surface area (Å²) in [5.74, 6) is -1.28. The van der Waals surface area contributed by atoms with Crippen LogP contribution in [0.15, 0.2) is 48.7 Å². The summed E-state index contributed by atoms with van der Waals surface area (Å²) in [7, 11) is 0. The van der Waals surface area contributed by atoms with Crippen molar-refractivity contribution in [2.24, 2.45) is 0 Å². The number of aromatic carboxylic acids is 1. The average Bonchev–Trinajstić information content (AvgIpc) is 2.79. The molecule has 0 spiro atoms. The van der Waals surface area contributed by atoms with Crippen molar-refractivity contribution in [3.63, 3.8) is 0 Å². The molecule has 1 N–H and O–H groups in total. The van der Waals surface area contributed by atoms with Crippen molar-refractivity contribution in [2.75, 3.05) is 0 Å². The molecular formula is C14H9FN2O2. The molecule has 94 valence electrons. The molecule has 0 saturated heterocycles. The number of hydrogen-bond acceptors (Lipinski definition) is 2. The second-order valence-corrected chi connectivity index (χ2v) is 4.02. The first-order chi connectivity index (χ1) is 9.18. The van der Waals surface area contributed by atoms with Crippen LogP contribution < -0.4 is 0 Å². The maximum Gasteiger partial charge on any atom is 0.356 e. The van der Waals surface area contributed by atoms with Gasteiger partial charge in [0.1, 0.15) is 11.6 Å². The maximum absolute atomic E-state index is 13.8. The summed E-state index contributed by atoms with van der Waals surface area (Å²) >= 11 is 0. The summed E-state index contributed by atoms with van der Waals surface area (Å²) < 4.78 is 15.4. The first kappa shape index (κ1) is 11.4. The van der Waals surface area contributed by atoms with Gasteiger partial charge in [-0.25, -0.2) is 14.2 Å². The van der Waals surface area contributed by atoms with Gasteiger partial charge in [0, 0.05) is 6.20 Å². The molecule has 0 aliphatic rings. The van der Waals surface area contributed by atoms with Crippen molar-refractivity contribution in [1.29, 1.82) is 0 Å². The van der Waals surface area contributed by atoms with Crippen LogP contribution in [0.3, 0.4) is 0 Å². The third kappa shape index (κ3) is 1.76. The molecule has 0 bridgehead atoms. The highest BCUT2D eigenvalue weighted by Gasteiger charge is 2.18. The number of carbonyl (C=O) groups is 1. The van der Waals surface area contributed by atoms with Crippen LogP contribution in [-0.2, 0) is 0 Å². The summed E-state index contributed by atoms with van der Waals surface area (Å²) in [5.41, 5.74) is 0.628. The number of carboxylic acids is 1. The topological polar surface area (TPSA) is 54.6 Å². The third-order valence-corrected chi connectivity index (χ3v) is 2.87. The van der Waals surface area contributed by atoms with Crippen LogP contribution in [0, 0.1) is 5.82 Å². The molecule has 0 aliphatic heterocycles. The van der Waals surface area contributed by atoms with Crippen molar-refractivity contribution < 1.29 is 14.3 Å². The fraction of sp³-hybridized carbons (Fsp3) is 0. The van der Waals surface area contributed by atoms with E-state index in [1.807, 2.05) is 0 Å². The lowest BCUT2D eigenvalue weighted by Crippen LogP contribution is -1.97. The lowest BCUT2D eigenvalue weighted by atomic mass is 10.2. The smallest absolute Gasteiger partial charge is 0.356 e. The Hall–Kier alpha value is -2.69. The van der Waals surface area contributed by atoms with Crippen LogP contribution in [0.1, 0.15) is 10.5 Å². The van der Waals surface area contributed by atoms with E-state index in [1.165, 1.54) is 6.07 Å². The Balaban J connectivity index is 2.37. The van der Waals surface area contributed by atoms with E-state index in [-0.39, 0.29) is 17.1 Å².